The molecule has 178 valence electrons. The Bertz CT molecular complexity index is 1270. The van der Waals surface area contributed by atoms with Crippen LogP contribution in [0.1, 0.15) is 41.0 Å². The Kier molecular flexibility index (Phi) is 6.65. The van der Waals surface area contributed by atoms with Crippen molar-refractivity contribution >= 4 is 27.3 Å². The van der Waals surface area contributed by atoms with E-state index in [0.717, 1.165) is 29.1 Å². The second kappa shape index (κ2) is 8.98. The van der Waals surface area contributed by atoms with E-state index in [1.54, 1.807) is 0 Å². The van der Waals surface area contributed by atoms with E-state index in [-0.39, 0.29) is 36.5 Å². The molecular formula is C20H22F3N5O4S. The zero-order valence-corrected chi connectivity index (χ0v) is 18.6. The fourth-order valence-corrected chi connectivity index (χ4v) is 4.08. The number of rotatable bonds is 5. The van der Waals surface area contributed by atoms with E-state index >= 15 is 0 Å². The molecule has 2 heterocycles. The van der Waals surface area contributed by atoms with Crippen molar-refractivity contribution in [2.45, 2.75) is 25.6 Å². The van der Waals surface area contributed by atoms with Gasteiger partial charge in [0.2, 0.25) is 10.0 Å². The predicted octanol–water partition coefficient (Wildman–Crippen LogP) is 1.84. The summed E-state index contributed by atoms with van der Waals surface area (Å²) in [5, 5.41) is 6.60. The minimum absolute atomic E-state index is 0.0622. The number of sulfonamides is 1. The van der Waals surface area contributed by atoms with Crippen molar-refractivity contribution in [1.29, 1.82) is 0 Å². The quantitative estimate of drug-likeness (QED) is 0.623. The van der Waals surface area contributed by atoms with Gasteiger partial charge in [0.25, 0.3) is 11.5 Å². The van der Waals surface area contributed by atoms with Crippen LogP contribution in [0.5, 0.6) is 0 Å². The number of nitrogens with two attached hydrogens (primary N) is 1. The Hall–Kier alpha value is -3.19. The Morgan fingerprint density at radius 1 is 1.24 bits per heavy atom. The number of aromatic nitrogens is 2. The summed E-state index contributed by atoms with van der Waals surface area (Å²) in [6, 6.07) is 4.54. The number of alkyl halides is 3. The van der Waals surface area contributed by atoms with Crippen molar-refractivity contribution in [3.05, 3.63) is 63.6 Å². The maximum absolute atomic E-state index is 13.1. The number of amides is 1. The zero-order valence-electron chi connectivity index (χ0n) is 17.8. The van der Waals surface area contributed by atoms with Gasteiger partial charge >= 0.3 is 6.18 Å². The molecule has 2 aromatic rings. The maximum atomic E-state index is 13.1. The number of nitrogens with zero attached hydrogens (tertiary/aromatic N) is 3. The van der Waals surface area contributed by atoms with E-state index in [4.69, 9.17) is 5.73 Å². The summed E-state index contributed by atoms with van der Waals surface area (Å²) in [5.74, 6) is -0.707. The van der Waals surface area contributed by atoms with E-state index in [0.29, 0.717) is 5.70 Å². The molecule has 0 unspecified atom stereocenters. The summed E-state index contributed by atoms with van der Waals surface area (Å²) in [5.41, 5.74) is 4.50. The highest BCUT2D eigenvalue weighted by molar-refractivity contribution is 7.88. The van der Waals surface area contributed by atoms with Crippen molar-refractivity contribution in [3.63, 3.8) is 0 Å². The number of carbonyl (C=O) groups excluding carboxylic acids is 1. The molecule has 1 amide bonds. The number of nitrogen functional groups attached to an aromatic ring is 1. The lowest BCUT2D eigenvalue weighted by Crippen LogP contribution is -2.36. The van der Waals surface area contributed by atoms with Crippen LogP contribution >= 0.6 is 0 Å². The average Bonchev–Trinajstić information content (AvgIpc) is 2.72. The second-order valence-corrected chi connectivity index (χ2v) is 9.60. The van der Waals surface area contributed by atoms with E-state index < -0.39 is 39.3 Å². The SMILES string of the molecule is C[C@@H](NC(=O)c1ccc(=O)n(C2=CCN(S(C)(=O)=O)CC2)n1)c1cc(N)cc(C(F)(F)F)c1. The molecule has 0 spiro atoms. The Labute approximate surface area is 187 Å². The summed E-state index contributed by atoms with van der Waals surface area (Å²) in [7, 11) is -3.38. The molecule has 0 radical (unpaired) electrons. The first-order valence-electron chi connectivity index (χ1n) is 9.79. The number of anilines is 1. The summed E-state index contributed by atoms with van der Waals surface area (Å²) in [6.45, 7) is 1.71. The van der Waals surface area contributed by atoms with Gasteiger partial charge in [-0.2, -0.15) is 22.6 Å². The maximum Gasteiger partial charge on any atom is 0.416 e. The van der Waals surface area contributed by atoms with Crippen molar-refractivity contribution in [1.82, 2.24) is 19.4 Å². The number of benzene rings is 1. The van der Waals surface area contributed by atoms with Crippen LogP contribution in [-0.4, -0.2) is 47.8 Å². The van der Waals surface area contributed by atoms with E-state index in [1.807, 2.05) is 0 Å². The topological polar surface area (TPSA) is 127 Å². The Balaban J connectivity index is 1.81. The van der Waals surface area contributed by atoms with Gasteiger partial charge in [0.1, 0.15) is 5.69 Å². The fraction of sp³-hybridized carbons (Fsp3) is 0.350. The van der Waals surface area contributed by atoms with Crippen LogP contribution in [0.25, 0.3) is 5.70 Å². The molecule has 0 bridgehead atoms. The van der Waals surface area contributed by atoms with Gasteiger partial charge in [-0.05, 0) is 42.8 Å². The van der Waals surface area contributed by atoms with Gasteiger partial charge in [0.05, 0.1) is 17.9 Å². The largest absolute Gasteiger partial charge is 0.416 e. The van der Waals surface area contributed by atoms with Crippen molar-refractivity contribution in [2.75, 3.05) is 25.1 Å². The molecule has 0 fully saturated rings. The number of hydrogen-bond donors (Lipinski definition) is 2. The van der Waals surface area contributed by atoms with Gasteiger partial charge in [-0.25, -0.2) is 13.1 Å². The monoisotopic (exact) mass is 485 g/mol. The first-order chi connectivity index (χ1) is 15.3. The van der Waals surface area contributed by atoms with Crippen LogP contribution in [-0.2, 0) is 16.2 Å². The van der Waals surface area contributed by atoms with Crippen LogP contribution in [0.15, 0.2) is 41.2 Å². The third-order valence-electron chi connectivity index (χ3n) is 5.07. The third-order valence-corrected chi connectivity index (χ3v) is 6.34. The molecule has 0 saturated heterocycles. The molecule has 3 rings (SSSR count). The Morgan fingerprint density at radius 2 is 1.94 bits per heavy atom. The van der Waals surface area contributed by atoms with E-state index in [9.17, 15) is 31.2 Å². The third kappa shape index (κ3) is 5.79. The molecule has 1 aliphatic rings. The average molecular weight is 485 g/mol. The molecule has 1 aromatic heterocycles. The lowest BCUT2D eigenvalue weighted by molar-refractivity contribution is -0.137. The molecule has 3 N–H and O–H groups in total. The normalized spacial score (nSPS) is 16.2. The van der Waals surface area contributed by atoms with Gasteiger partial charge in [0.15, 0.2) is 0 Å². The van der Waals surface area contributed by atoms with Gasteiger partial charge in [-0.15, -0.1) is 0 Å². The molecule has 0 saturated carbocycles. The summed E-state index contributed by atoms with van der Waals surface area (Å²) in [4.78, 5) is 24.9. The van der Waals surface area contributed by atoms with Gasteiger partial charge < -0.3 is 11.1 Å². The molecule has 13 heteroatoms. The summed E-state index contributed by atoms with van der Waals surface area (Å²) < 4.78 is 64.7. The highest BCUT2D eigenvalue weighted by Gasteiger charge is 2.31. The molecule has 33 heavy (non-hydrogen) atoms. The van der Waals surface area contributed by atoms with Gasteiger partial charge in [-0.1, -0.05) is 0 Å². The highest BCUT2D eigenvalue weighted by atomic mass is 32.2. The minimum atomic E-state index is -4.59. The number of carbonyl (C=O) groups is 1. The van der Waals surface area contributed by atoms with E-state index in [2.05, 4.69) is 10.4 Å². The fourth-order valence-electron chi connectivity index (χ4n) is 3.32. The van der Waals surface area contributed by atoms with Crippen LogP contribution in [0.3, 0.4) is 0 Å². The van der Waals surface area contributed by atoms with Crippen molar-refractivity contribution < 1.29 is 26.4 Å². The molecule has 0 aliphatic carbocycles. The standard InChI is InChI=1S/C20H22F3N5O4S/c1-12(13-9-14(20(21,22)23)11-15(24)10-13)25-19(30)17-3-4-18(29)28(26-17)16-5-7-27(8-6-16)33(2,31)32/h3-5,9-12H,6-8,24H2,1-2H3,(H,25,30)/t12-/m1/s1. The highest BCUT2D eigenvalue weighted by Crippen LogP contribution is 2.32. The van der Waals surface area contributed by atoms with Crippen molar-refractivity contribution in [3.8, 4) is 0 Å². The predicted molar refractivity (Wildman–Crippen MR) is 116 cm³/mol. The van der Waals surface area contributed by atoms with Gasteiger partial charge in [-0.3, -0.25) is 9.59 Å². The van der Waals surface area contributed by atoms with Crippen LogP contribution < -0.4 is 16.6 Å². The van der Waals surface area contributed by atoms with Gasteiger partial charge in [0, 0.05) is 37.0 Å². The lowest BCUT2D eigenvalue weighted by Gasteiger charge is -2.24. The first-order valence-corrected chi connectivity index (χ1v) is 11.6. The molecule has 1 atom stereocenters. The molecule has 9 nitrogen and oxygen atoms in total. The summed E-state index contributed by atoms with van der Waals surface area (Å²) in [6.07, 6.45) is -1.76. The van der Waals surface area contributed by atoms with Crippen molar-refractivity contribution in [2.24, 2.45) is 0 Å². The minimum Gasteiger partial charge on any atom is -0.399 e. The van der Waals surface area contributed by atoms with Crippen LogP contribution in [0.2, 0.25) is 0 Å². The number of nitrogens with one attached hydrogen (secondary N) is 1. The zero-order chi connectivity index (χ0) is 24.6. The summed E-state index contributed by atoms with van der Waals surface area (Å²) >= 11 is 0. The molecular weight excluding hydrogens is 463 g/mol. The Morgan fingerprint density at radius 3 is 2.52 bits per heavy atom. The van der Waals surface area contributed by atoms with Crippen LogP contribution in [0.4, 0.5) is 18.9 Å². The smallest absolute Gasteiger partial charge is 0.399 e. The first kappa shape index (κ1) is 24.5. The molecule has 1 aromatic carbocycles. The second-order valence-electron chi connectivity index (χ2n) is 7.62. The number of hydrogen-bond acceptors (Lipinski definition) is 6. The lowest BCUT2D eigenvalue weighted by atomic mass is 10.0. The molecule has 1 aliphatic heterocycles. The number of halogens is 3. The van der Waals surface area contributed by atoms with Crippen LogP contribution in [0, 0.1) is 0 Å². The van der Waals surface area contributed by atoms with E-state index in [1.165, 1.54) is 29.4 Å².